The Bertz CT molecular complexity index is 998. The maximum Gasteiger partial charge on any atom is 0.416 e. The normalized spacial score (nSPS) is 14.1. The van der Waals surface area contributed by atoms with Gasteiger partial charge in [-0.25, -0.2) is 0 Å². The van der Waals surface area contributed by atoms with Crippen molar-refractivity contribution in [2.24, 2.45) is 5.92 Å². The molecule has 0 heterocycles. The van der Waals surface area contributed by atoms with E-state index >= 15 is 0 Å². The third-order valence-electron chi connectivity index (χ3n) is 5.31. The topological polar surface area (TPSA) is 87.3 Å². The lowest BCUT2D eigenvalue weighted by Crippen LogP contribution is -2.28. The van der Waals surface area contributed by atoms with E-state index in [1.54, 1.807) is 12.1 Å². The Morgan fingerprint density at radius 2 is 1.59 bits per heavy atom. The summed E-state index contributed by atoms with van der Waals surface area (Å²) in [7, 11) is 0. The number of carbonyl (C=O) groups excluding carboxylic acids is 3. The number of hydrogen-bond acceptors (Lipinski definition) is 3. The molecule has 32 heavy (non-hydrogen) atoms. The van der Waals surface area contributed by atoms with E-state index in [4.69, 9.17) is 0 Å². The lowest BCUT2D eigenvalue weighted by atomic mass is 10.1. The van der Waals surface area contributed by atoms with Crippen molar-refractivity contribution in [1.29, 1.82) is 0 Å². The van der Waals surface area contributed by atoms with Gasteiger partial charge in [-0.15, -0.1) is 0 Å². The Kier molecular flexibility index (Phi) is 7.17. The Labute approximate surface area is 183 Å². The minimum absolute atomic E-state index is 0.0272. The number of carbonyl (C=O) groups is 3. The summed E-state index contributed by atoms with van der Waals surface area (Å²) in [6.45, 7) is 1.55. The zero-order valence-electron chi connectivity index (χ0n) is 17.5. The minimum Gasteiger partial charge on any atom is -0.352 e. The molecule has 1 fully saturated rings. The SMILES string of the molecule is CC(=O)Nc1ccc(C(F)(F)F)cc1NC(=O)c1ccc(CNC(=O)C2CCCC2)cc1. The molecule has 0 unspecified atom stereocenters. The predicted molar refractivity (Wildman–Crippen MR) is 114 cm³/mol. The highest BCUT2D eigenvalue weighted by atomic mass is 19.4. The Balaban J connectivity index is 1.68. The van der Waals surface area contributed by atoms with E-state index in [2.05, 4.69) is 16.0 Å². The standard InChI is InChI=1S/C23H24F3N3O3/c1-14(30)28-19-11-10-18(23(24,25)26)12-20(19)29-22(32)17-8-6-15(7-9-17)13-27-21(31)16-4-2-3-5-16/h6-12,16H,2-5,13H2,1H3,(H,27,31)(H,28,30)(H,29,32). The Morgan fingerprint density at radius 3 is 2.19 bits per heavy atom. The number of rotatable bonds is 6. The number of anilines is 2. The van der Waals surface area contributed by atoms with Crippen LogP contribution in [0.5, 0.6) is 0 Å². The molecule has 0 bridgehead atoms. The van der Waals surface area contributed by atoms with Crippen LogP contribution in [0.2, 0.25) is 0 Å². The number of amides is 3. The van der Waals surface area contributed by atoms with E-state index in [-0.39, 0.29) is 28.8 Å². The largest absolute Gasteiger partial charge is 0.416 e. The van der Waals surface area contributed by atoms with Gasteiger partial charge in [-0.2, -0.15) is 13.2 Å². The van der Waals surface area contributed by atoms with Crippen LogP contribution in [0.3, 0.4) is 0 Å². The van der Waals surface area contributed by atoms with Crippen molar-refractivity contribution in [2.45, 2.75) is 45.3 Å². The van der Waals surface area contributed by atoms with Crippen molar-refractivity contribution in [1.82, 2.24) is 5.32 Å². The van der Waals surface area contributed by atoms with Crippen LogP contribution in [0, 0.1) is 5.92 Å². The number of nitrogens with one attached hydrogen (secondary N) is 3. The van der Waals surface area contributed by atoms with Crippen molar-refractivity contribution in [3.8, 4) is 0 Å². The van der Waals surface area contributed by atoms with Gasteiger partial charge >= 0.3 is 6.18 Å². The van der Waals surface area contributed by atoms with Crippen molar-refractivity contribution in [3.05, 3.63) is 59.2 Å². The summed E-state index contributed by atoms with van der Waals surface area (Å²) >= 11 is 0. The molecule has 0 atom stereocenters. The maximum atomic E-state index is 13.1. The van der Waals surface area contributed by atoms with Crippen molar-refractivity contribution >= 4 is 29.1 Å². The second kappa shape index (κ2) is 9.84. The van der Waals surface area contributed by atoms with E-state index in [0.717, 1.165) is 49.4 Å². The van der Waals surface area contributed by atoms with Crippen LogP contribution in [0.15, 0.2) is 42.5 Å². The molecule has 3 rings (SSSR count). The molecular weight excluding hydrogens is 423 g/mol. The Hall–Kier alpha value is -3.36. The summed E-state index contributed by atoms with van der Waals surface area (Å²) in [5.41, 5.74) is -0.0266. The first kappa shape index (κ1) is 23.3. The highest BCUT2D eigenvalue weighted by molar-refractivity contribution is 6.07. The second-order valence-corrected chi connectivity index (χ2v) is 7.79. The van der Waals surface area contributed by atoms with Gasteiger partial charge in [0.25, 0.3) is 5.91 Å². The van der Waals surface area contributed by atoms with Crippen molar-refractivity contribution < 1.29 is 27.6 Å². The number of alkyl halides is 3. The van der Waals surface area contributed by atoms with Gasteiger partial charge in [0.15, 0.2) is 0 Å². The summed E-state index contributed by atoms with van der Waals surface area (Å²) < 4.78 is 39.2. The molecule has 6 nitrogen and oxygen atoms in total. The molecule has 170 valence electrons. The molecular formula is C23H24F3N3O3. The number of hydrogen-bond donors (Lipinski definition) is 3. The van der Waals surface area contributed by atoms with E-state index in [0.29, 0.717) is 6.54 Å². The highest BCUT2D eigenvalue weighted by Crippen LogP contribution is 2.34. The Morgan fingerprint density at radius 1 is 0.938 bits per heavy atom. The predicted octanol–water partition coefficient (Wildman–Crippen LogP) is 4.72. The monoisotopic (exact) mass is 447 g/mol. The molecule has 1 aliphatic carbocycles. The molecule has 1 saturated carbocycles. The van der Waals surface area contributed by atoms with E-state index in [9.17, 15) is 27.6 Å². The maximum absolute atomic E-state index is 13.1. The van der Waals surface area contributed by atoms with Crippen LogP contribution in [0.25, 0.3) is 0 Å². The summed E-state index contributed by atoms with van der Waals surface area (Å²) in [4.78, 5) is 36.1. The van der Waals surface area contributed by atoms with Gasteiger partial charge in [0.1, 0.15) is 0 Å². The molecule has 2 aromatic rings. The zero-order chi connectivity index (χ0) is 23.3. The van der Waals surface area contributed by atoms with Gasteiger partial charge in [-0.1, -0.05) is 25.0 Å². The third-order valence-corrected chi connectivity index (χ3v) is 5.31. The molecule has 0 aromatic heterocycles. The zero-order valence-corrected chi connectivity index (χ0v) is 17.5. The number of benzene rings is 2. The van der Waals surface area contributed by atoms with Crippen LogP contribution in [0.4, 0.5) is 24.5 Å². The lowest BCUT2D eigenvalue weighted by molar-refractivity contribution is -0.137. The summed E-state index contributed by atoms with van der Waals surface area (Å²) in [5.74, 6) is -1.02. The van der Waals surface area contributed by atoms with Gasteiger partial charge in [-0.05, 0) is 48.7 Å². The van der Waals surface area contributed by atoms with E-state index in [1.165, 1.54) is 19.1 Å². The smallest absolute Gasteiger partial charge is 0.352 e. The van der Waals surface area contributed by atoms with E-state index in [1.807, 2.05) is 0 Å². The molecule has 3 N–H and O–H groups in total. The fraction of sp³-hybridized carbons (Fsp3) is 0.348. The molecule has 2 aromatic carbocycles. The summed E-state index contributed by atoms with van der Waals surface area (Å²) in [6, 6.07) is 9.09. The molecule has 0 aliphatic heterocycles. The fourth-order valence-corrected chi connectivity index (χ4v) is 3.61. The van der Waals surface area contributed by atoms with Crippen LogP contribution in [-0.2, 0) is 22.3 Å². The highest BCUT2D eigenvalue weighted by Gasteiger charge is 2.31. The van der Waals surface area contributed by atoms with Gasteiger partial charge < -0.3 is 16.0 Å². The first-order valence-electron chi connectivity index (χ1n) is 10.3. The van der Waals surface area contributed by atoms with Crippen LogP contribution >= 0.6 is 0 Å². The van der Waals surface area contributed by atoms with Crippen LogP contribution < -0.4 is 16.0 Å². The molecule has 3 amide bonds. The average Bonchev–Trinajstić information content (AvgIpc) is 3.27. The second-order valence-electron chi connectivity index (χ2n) is 7.79. The third kappa shape index (κ3) is 6.09. The first-order chi connectivity index (χ1) is 15.1. The van der Waals surface area contributed by atoms with Crippen LogP contribution in [-0.4, -0.2) is 17.7 Å². The van der Waals surface area contributed by atoms with Gasteiger partial charge in [0, 0.05) is 24.9 Å². The first-order valence-corrected chi connectivity index (χ1v) is 10.3. The molecule has 1 aliphatic rings. The summed E-state index contributed by atoms with van der Waals surface area (Å²) in [6.07, 6.45) is -0.657. The fourth-order valence-electron chi connectivity index (χ4n) is 3.61. The molecule has 0 radical (unpaired) electrons. The van der Waals surface area contributed by atoms with E-state index < -0.39 is 23.6 Å². The quantitative estimate of drug-likeness (QED) is 0.599. The molecule has 9 heteroatoms. The van der Waals surface area contributed by atoms with Crippen LogP contribution in [0.1, 0.15) is 54.1 Å². The van der Waals surface area contributed by atoms with Crippen molar-refractivity contribution in [2.75, 3.05) is 10.6 Å². The lowest BCUT2D eigenvalue weighted by Gasteiger charge is -2.15. The summed E-state index contributed by atoms with van der Waals surface area (Å²) in [5, 5.41) is 7.72. The molecule has 0 spiro atoms. The van der Waals surface area contributed by atoms with Gasteiger partial charge in [0.2, 0.25) is 11.8 Å². The van der Waals surface area contributed by atoms with Crippen molar-refractivity contribution in [3.63, 3.8) is 0 Å². The number of halogens is 3. The van der Waals surface area contributed by atoms with Gasteiger partial charge in [-0.3, -0.25) is 14.4 Å². The molecule has 0 saturated heterocycles. The average molecular weight is 447 g/mol. The van der Waals surface area contributed by atoms with Gasteiger partial charge in [0.05, 0.1) is 16.9 Å². The minimum atomic E-state index is -4.60.